The Morgan fingerprint density at radius 2 is 2.13 bits per heavy atom. The molecule has 1 N–H and O–H groups in total. The molecule has 116 valence electrons. The van der Waals surface area contributed by atoms with Gasteiger partial charge in [-0.2, -0.15) is 0 Å². The summed E-state index contributed by atoms with van der Waals surface area (Å²) in [6.07, 6.45) is 0.104. The SMILES string of the molecule is Cc1cccc2oc(CNC(=O)[C@H]3Cc4ccccc4O3)nc12. The third-order valence-electron chi connectivity index (χ3n) is 4.02. The highest BCUT2D eigenvalue weighted by atomic mass is 16.5. The number of hydrogen-bond acceptors (Lipinski definition) is 4. The summed E-state index contributed by atoms with van der Waals surface area (Å²) in [6, 6.07) is 13.5. The van der Waals surface area contributed by atoms with Crippen LogP contribution in [0.25, 0.3) is 11.1 Å². The Morgan fingerprint density at radius 1 is 1.26 bits per heavy atom. The van der Waals surface area contributed by atoms with Crippen molar-refractivity contribution in [3.05, 3.63) is 59.5 Å². The van der Waals surface area contributed by atoms with Crippen molar-refractivity contribution in [3.63, 3.8) is 0 Å². The molecule has 0 unspecified atom stereocenters. The fourth-order valence-corrected chi connectivity index (χ4v) is 2.81. The van der Waals surface area contributed by atoms with Crippen LogP contribution in [0.1, 0.15) is 17.0 Å². The monoisotopic (exact) mass is 308 g/mol. The van der Waals surface area contributed by atoms with Crippen molar-refractivity contribution in [2.24, 2.45) is 0 Å². The van der Waals surface area contributed by atoms with E-state index < -0.39 is 6.10 Å². The van der Waals surface area contributed by atoms with Crippen molar-refractivity contribution in [3.8, 4) is 5.75 Å². The van der Waals surface area contributed by atoms with Gasteiger partial charge < -0.3 is 14.5 Å². The molecule has 1 aliphatic rings. The summed E-state index contributed by atoms with van der Waals surface area (Å²) < 4.78 is 11.3. The number of rotatable bonds is 3. The number of hydrogen-bond donors (Lipinski definition) is 1. The molecule has 1 aliphatic heterocycles. The fraction of sp³-hybridized carbons (Fsp3) is 0.222. The Bertz CT molecular complexity index is 860. The fourth-order valence-electron chi connectivity index (χ4n) is 2.81. The predicted molar refractivity (Wildman–Crippen MR) is 85.2 cm³/mol. The maximum absolute atomic E-state index is 12.3. The first-order chi connectivity index (χ1) is 11.2. The van der Waals surface area contributed by atoms with Gasteiger partial charge >= 0.3 is 0 Å². The Balaban J connectivity index is 1.43. The van der Waals surface area contributed by atoms with Crippen LogP contribution in [-0.4, -0.2) is 17.0 Å². The molecule has 2 aromatic carbocycles. The third kappa shape index (κ3) is 2.54. The predicted octanol–water partition coefficient (Wildman–Crippen LogP) is 2.76. The minimum absolute atomic E-state index is 0.153. The molecule has 0 spiro atoms. The summed E-state index contributed by atoms with van der Waals surface area (Å²) in [4.78, 5) is 16.7. The molecule has 0 bridgehead atoms. The summed E-state index contributed by atoms with van der Waals surface area (Å²) in [5.74, 6) is 1.13. The van der Waals surface area contributed by atoms with E-state index in [4.69, 9.17) is 9.15 Å². The maximum Gasteiger partial charge on any atom is 0.261 e. The van der Waals surface area contributed by atoms with Crippen molar-refractivity contribution in [2.45, 2.75) is 26.0 Å². The highest BCUT2D eigenvalue weighted by Gasteiger charge is 2.28. The molecule has 23 heavy (non-hydrogen) atoms. The number of oxazole rings is 1. The van der Waals surface area contributed by atoms with Crippen molar-refractivity contribution in [1.29, 1.82) is 0 Å². The highest BCUT2D eigenvalue weighted by Crippen LogP contribution is 2.28. The van der Waals surface area contributed by atoms with Gasteiger partial charge in [-0.15, -0.1) is 0 Å². The minimum Gasteiger partial charge on any atom is -0.480 e. The van der Waals surface area contributed by atoms with Crippen LogP contribution >= 0.6 is 0 Å². The van der Waals surface area contributed by atoms with E-state index in [0.29, 0.717) is 12.3 Å². The lowest BCUT2D eigenvalue weighted by molar-refractivity contribution is -0.127. The maximum atomic E-state index is 12.3. The molecule has 1 amide bonds. The van der Waals surface area contributed by atoms with Gasteiger partial charge in [-0.25, -0.2) is 4.98 Å². The lowest BCUT2D eigenvalue weighted by Gasteiger charge is -2.09. The van der Waals surface area contributed by atoms with Crippen LogP contribution in [0.5, 0.6) is 5.75 Å². The second kappa shape index (κ2) is 5.43. The van der Waals surface area contributed by atoms with Crippen LogP contribution in [0.3, 0.4) is 0 Å². The van der Waals surface area contributed by atoms with Gasteiger partial charge in [0.2, 0.25) is 5.89 Å². The molecule has 1 aromatic heterocycles. The molecule has 0 fully saturated rings. The zero-order valence-corrected chi connectivity index (χ0v) is 12.7. The van der Waals surface area contributed by atoms with Crippen molar-refractivity contribution in [1.82, 2.24) is 10.3 Å². The second-order valence-corrected chi connectivity index (χ2v) is 5.67. The van der Waals surface area contributed by atoms with Gasteiger partial charge in [0.05, 0.1) is 6.54 Å². The number of nitrogens with one attached hydrogen (secondary N) is 1. The van der Waals surface area contributed by atoms with E-state index in [9.17, 15) is 4.79 Å². The van der Waals surface area contributed by atoms with Crippen molar-refractivity contribution < 1.29 is 13.9 Å². The van der Waals surface area contributed by atoms with E-state index in [-0.39, 0.29) is 12.5 Å². The molecule has 4 rings (SSSR count). The van der Waals surface area contributed by atoms with Gasteiger partial charge in [-0.1, -0.05) is 30.3 Å². The van der Waals surface area contributed by atoms with E-state index >= 15 is 0 Å². The molecule has 5 heteroatoms. The van der Waals surface area contributed by atoms with E-state index in [1.54, 1.807) is 0 Å². The van der Waals surface area contributed by atoms with E-state index in [1.165, 1.54) is 0 Å². The third-order valence-corrected chi connectivity index (χ3v) is 4.02. The average molecular weight is 308 g/mol. The Hall–Kier alpha value is -2.82. The van der Waals surface area contributed by atoms with Gasteiger partial charge in [0.1, 0.15) is 11.3 Å². The number of amides is 1. The van der Waals surface area contributed by atoms with Crippen LogP contribution in [0.15, 0.2) is 46.9 Å². The zero-order valence-electron chi connectivity index (χ0n) is 12.7. The molecular weight excluding hydrogens is 292 g/mol. The van der Waals surface area contributed by atoms with Crippen LogP contribution in [0.4, 0.5) is 0 Å². The number of aryl methyl sites for hydroxylation is 1. The number of carbonyl (C=O) groups is 1. The van der Waals surface area contributed by atoms with E-state index in [2.05, 4.69) is 10.3 Å². The van der Waals surface area contributed by atoms with Gasteiger partial charge in [0.15, 0.2) is 11.7 Å². The number of aromatic nitrogens is 1. The van der Waals surface area contributed by atoms with Crippen LogP contribution in [-0.2, 0) is 17.8 Å². The molecule has 5 nitrogen and oxygen atoms in total. The molecule has 0 saturated carbocycles. The first-order valence-corrected chi connectivity index (χ1v) is 7.58. The van der Waals surface area contributed by atoms with Crippen LogP contribution in [0.2, 0.25) is 0 Å². The zero-order chi connectivity index (χ0) is 15.8. The second-order valence-electron chi connectivity index (χ2n) is 5.67. The Morgan fingerprint density at radius 3 is 2.96 bits per heavy atom. The van der Waals surface area contributed by atoms with Crippen LogP contribution < -0.4 is 10.1 Å². The summed E-state index contributed by atoms with van der Waals surface area (Å²) in [6.45, 7) is 2.24. The first-order valence-electron chi connectivity index (χ1n) is 7.58. The Labute approximate surface area is 133 Å². The molecule has 0 saturated heterocycles. The summed E-state index contributed by atoms with van der Waals surface area (Å²) in [5.41, 5.74) is 3.68. The van der Waals surface area contributed by atoms with Gasteiger partial charge in [-0.3, -0.25) is 4.79 Å². The number of benzene rings is 2. The molecule has 0 aliphatic carbocycles. The molecule has 2 heterocycles. The number of fused-ring (bicyclic) bond motifs is 2. The van der Waals surface area contributed by atoms with E-state index in [0.717, 1.165) is 28.0 Å². The quantitative estimate of drug-likeness (QED) is 0.808. The summed E-state index contributed by atoms with van der Waals surface area (Å²) >= 11 is 0. The molecular formula is C18H16N2O3. The number of para-hydroxylation sites is 2. The average Bonchev–Trinajstić information content (AvgIpc) is 3.17. The standard InChI is InChI=1S/C18H16N2O3/c1-11-5-4-8-14-17(11)20-16(23-14)10-19-18(21)15-9-12-6-2-3-7-13(12)22-15/h2-8,15H,9-10H2,1H3,(H,19,21)/t15-/m1/s1. The molecule has 1 atom stereocenters. The number of nitrogens with zero attached hydrogens (tertiary/aromatic N) is 1. The first kappa shape index (κ1) is 13.8. The highest BCUT2D eigenvalue weighted by molar-refractivity contribution is 5.82. The van der Waals surface area contributed by atoms with Gasteiger partial charge in [0, 0.05) is 6.42 Å². The summed E-state index contributed by atoms with van der Waals surface area (Å²) in [5, 5.41) is 2.84. The number of ether oxygens (including phenoxy) is 1. The van der Waals surface area contributed by atoms with E-state index in [1.807, 2.05) is 49.4 Å². The lowest BCUT2D eigenvalue weighted by Crippen LogP contribution is -2.37. The van der Waals surface area contributed by atoms with Crippen molar-refractivity contribution in [2.75, 3.05) is 0 Å². The van der Waals surface area contributed by atoms with Crippen LogP contribution in [0, 0.1) is 6.92 Å². The minimum atomic E-state index is -0.487. The Kier molecular flexibility index (Phi) is 3.26. The van der Waals surface area contributed by atoms with Gasteiger partial charge in [-0.05, 0) is 30.2 Å². The summed E-state index contributed by atoms with van der Waals surface area (Å²) in [7, 11) is 0. The number of carbonyl (C=O) groups excluding carboxylic acids is 1. The topological polar surface area (TPSA) is 64.4 Å². The van der Waals surface area contributed by atoms with Crippen molar-refractivity contribution >= 4 is 17.0 Å². The lowest BCUT2D eigenvalue weighted by atomic mass is 10.1. The largest absolute Gasteiger partial charge is 0.480 e. The normalized spacial score (nSPS) is 16.1. The van der Waals surface area contributed by atoms with Gasteiger partial charge in [0.25, 0.3) is 5.91 Å². The smallest absolute Gasteiger partial charge is 0.261 e. The molecule has 3 aromatic rings. The molecule has 0 radical (unpaired) electrons.